The largest absolute Gasteiger partial charge is 0.524 e. The van der Waals surface area contributed by atoms with E-state index in [1.807, 2.05) is 0 Å². The molecule has 0 saturated heterocycles. The summed E-state index contributed by atoms with van der Waals surface area (Å²) >= 11 is 0. The van der Waals surface area contributed by atoms with Crippen LogP contribution in [0.3, 0.4) is 0 Å². The molecule has 780 valence electrons. The zero-order chi connectivity index (χ0) is 102. The van der Waals surface area contributed by atoms with E-state index in [0.29, 0.717) is 23.0 Å². The lowest BCUT2D eigenvalue weighted by Crippen LogP contribution is -2.22. The van der Waals surface area contributed by atoms with Crippen molar-refractivity contribution < 1.29 is 27.2 Å². The molecule has 0 atom stereocenters. The molecular formula is C136H185NO6P2. The van der Waals surface area contributed by atoms with Gasteiger partial charge in [0.05, 0.1) is 0 Å². The molecule has 2 aliphatic rings. The molecule has 0 radical (unpaired) electrons. The van der Waals surface area contributed by atoms with Gasteiger partial charge in [-0.3, -0.25) is 0 Å². The highest BCUT2D eigenvalue weighted by Gasteiger charge is 2.51. The van der Waals surface area contributed by atoms with Gasteiger partial charge >= 0.3 is 15.5 Å². The summed E-state index contributed by atoms with van der Waals surface area (Å²) in [5.74, 6) is 1.79. The van der Waals surface area contributed by atoms with Gasteiger partial charge in [-0.15, -0.1) is 0 Å². The van der Waals surface area contributed by atoms with E-state index in [9.17, 15) is 0 Å². The van der Waals surface area contributed by atoms with Crippen LogP contribution in [0, 0.1) is 0 Å². The Morgan fingerprint density at radius 2 is 0.331 bits per heavy atom. The number of hydrogen-bond donors (Lipinski definition) is 1. The monoisotopic (exact) mass is 1990 g/mol. The fourth-order valence-corrected chi connectivity index (χ4v) is 27.7. The fourth-order valence-electron chi connectivity index (χ4n) is 24.0. The molecule has 0 unspecified atom stereocenters. The van der Waals surface area contributed by atoms with Crippen molar-refractivity contribution in [1.29, 1.82) is 0 Å². The number of unbranched alkanes of at least 4 members (excludes halogenated alkanes) is 36. The average molecular weight is 1990 g/mol. The smallest absolute Gasteiger partial charge is 0.403 e. The Hall–Kier alpha value is -8.70. The van der Waals surface area contributed by atoms with Gasteiger partial charge in [0.2, 0.25) is 0 Å². The lowest BCUT2D eigenvalue weighted by molar-refractivity contribution is 0.359. The minimum atomic E-state index is -5.40. The Kier molecular flexibility index (Phi) is 45.1. The zero-order valence-corrected chi connectivity index (χ0v) is 94.2. The molecule has 2 heterocycles. The van der Waals surface area contributed by atoms with E-state index in [-0.39, 0.29) is 0 Å². The van der Waals surface area contributed by atoms with Crippen molar-refractivity contribution in [2.75, 3.05) is 0 Å². The van der Waals surface area contributed by atoms with E-state index >= 15 is 9.13 Å². The van der Waals surface area contributed by atoms with Gasteiger partial charge in [-0.2, -0.15) is 0 Å². The molecule has 7 nitrogen and oxygen atoms in total. The minimum Gasteiger partial charge on any atom is -0.403 e. The second-order valence-electron chi connectivity index (χ2n) is 43.7. The first-order valence-corrected chi connectivity index (χ1v) is 62.9. The van der Waals surface area contributed by atoms with E-state index in [0.717, 1.165) is 418 Å². The number of fused-ring (bicyclic) bond motifs is 14. The van der Waals surface area contributed by atoms with Crippen LogP contribution in [0.4, 0.5) is 0 Å². The SMILES string of the molecule is CCCCCCc1cc(CCCCCC)c(-c2cc3ccccc3c3c2OP(=O)(NP2(=O)Oc4c(-c5c(CCCCCC)cc(CCCCCC)cc5CCCCCC)cc5ccccc5c4-c4c(c(-c5c(CCCCCC)cc(CCCCCC)cc5CCCCCC)cc5ccccc45)O2)Oc2c(-c4c(CCCCCC)cc(CCCCCC)cc4CCCCCC)cc4ccccc4c2-3)c(CCCCCC)c1. The van der Waals surface area contributed by atoms with Crippen LogP contribution in [-0.2, 0) is 86.2 Å². The minimum absolute atomic E-state index is 0.448. The van der Waals surface area contributed by atoms with Gasteiger partial charge in [0, 0.05) is 44.5 Å². The summed E-state index contributed by atoms with van der Waals surface area (Å²) < 4.78 is 73.4. The van der Waals surface area contributed by atoms with Crippen molar-refractivity contribution in [3.05, 3.63) is 237 Å². The van der Waals surface area contributed by atoms with Gasteiger partial charge in [-0.25, -0.2) is 9.13 Å². The maximum absolute atomic E-state index is 19.9. The summed E-state index contributed by atoms with van der Waals surface area (Å²) in [6, 6.07) is 65.9. The van der Waals surface area contributed by atoms with E-state index < -0.39 is 15.5 Å². The second-order valence-corrected chi connectivity index (χ2v) is 47.3. The molecule has 14 rings (SSSR count). The third-order valence-electron chi connectivity index (χ3n) is 31.8. The summed E-state index contributed by atoms with van der Waals surface area (Å²) in [6.07, 6.45) is 65.0. The highest BCUT2D eigenvalue weighted by molar-refractivity contribution is 7.68. The van der Waals surface area contributed by atoms with E-state index in [4.69, 9.17) is 18.1 Å². The van der Waals surface area contributed by atoms with Gasteiger partial charge in [-0.1, -0.05) is 465 Å². The topological polar surface area (TPSA) is 83.1 Å². The molecule has 0 bridgehead atoms. The van der Waals surface area contributed by atoms with Gasteiger partial charge < -0.3 is 18.1 Å². The standard InChI is InChI=1S/C136H185NO6P2/c1-13-25-37-49-69-101-89-109(77-53-41-29-17-5)125(110(90-101)78-54-42-30-18-6)121-97-105-73-61-65-85-117(105)129-130-118-86-66-62-74-106(118)98-122(126-111(79-55-43-31-19-7)91-102(70-50-38-26-14-2)92-112(126)80-56-44-32-20-8)134(130)141-144(138,140-133(121)129)137-145(139)142-135-123(127-113(81-57-45-33-21-9)93-103(71-51-39-27-15-3)94-114(127)82-58-46-34-22-10)99-107-75-63-67-87-119(107)131(135)132-120-88-68-64-76-108(120)100-124(136(132)143-145)128-115(83-59-47-35-23-11)95-104(72-52-40-28-16-4)96-116(128)84-60-48-36-24-12/h61-68,73-76,85-100H,13-60,69-72,77-84H2,1-12H3,(H,137,138,139). The van der Waals surface area contributed by atoms with Crippen LogP contribution in [0.25, 0.3) is 110 Å². The van der Waals surface area contributed by atoms with Gasteiger partial charge in [0.25, 0.3) is 0 Å². The van der Waals surface area contributed by atoms with Crippen molar-refractivity contribution in [2.45, 2.75) is 468 Å². The van der Waals surface area contributed by atoms with Crippen LogP contribution in [-0.4, -0.2) is 0 Å². The summed E-state index contributed by atoms with van der Waals surface area (Å²) in [4.78, 5) is 3.66. The molecule has 2 aliphatic heterocycles. The first-order valence-electron chi connectivity index (χ1n) is 59.8. The summed E-state index contributed by atoms with van der Waals surface area (Å²) in [5.41, 5.74) is 27.3. The molecule has 0 aliphatic carbocycles. The molecule has 0 fully saturated rings. The lowest BCUT2D eigenvalue weighted by Gasteiger charge is -2.28. The number of rotatable bonds is 66. The maximum atomic E-state index is 19.9. The number of hydrogen-bond acceptors (Lipinski definition) is 6. The van der Waals surface area contributed by atoms with E-state index in [1.54, 1.807) is 0 Å². The van der Waals surface area contributed by atoms with Crippen LogP contribution < -0.4 is 23.0 Å². The first-order chi connectivity index (χ1) is 71.2. The van der Waals surface area contributed by atoms with Gasteiger partial charge in [0.1, 0.15) is 23.0 Å². The molecule has 0 spiro atoms. The predicted octanol–water partition coefficient (Wildman–Crippen LogP) is 43.8. The van der Waals surface area contributed by atoms with Crippen LogP contribution in [0.5, 0.6) is 23.0 Å². The average Bonchev–Trinajstić information content (AvgIpc) is 1.60. The number of benzene rings is 12. The number of aryl methyl sites for hydroxylation is 12. The molecule has 145 heavy (non-hydrogen) atoms. The molecule has 12 aromatic rings. The number of nitrogens with one attached hydrogen (secondary N) is 1. The highest BCUT2D eigenvalue weighted by Crippen LogP contribution is 2.70. The summed E-state index contributed by atoms with van der Waals surface area (Å²) in [6.45, 7) is 27.9. The van der Waals surface area contributed by atoms with Gasteiger partial charge in [0.15, 0.2) is 0 Å². The molecule has 9 heteroatoms. The molecule has 0 aromatic heterocycles. The second kappa shape index (κ2) is 58.5. The van der Waals surface area contributed by atoms with Crippen molar-refractivity contribution >= 4 is 58.6 Å². The quantitative estimate of drug-likeness (QED) is 0.0300. The molecule has 1 N–H and O–H groups in total. The first kappa shape index (κ1) is 112. The highest BCUT2D eigenvalue weighted by atomic mass is 31.3. The fraction of sp³-hybridized carbons (Fsp3) is 0.529. The van der Waals surface area contributed by atoms with Crippen molar-refractivity contribution in [2.24, 2.45) is 0 Å². The third-order valence-corrected chi connectivity index (χ3v) is 35.4. The van der Waals surface area contributed by atoms with Crippen LogP contribution >= 0.6 is 15.5 Å². The Labute approximate surface area is 879 Å². The zero-order valence-electron chi connectivity index (χ0n) is 92.4. The molecular weight excluding hydrogens is 1810 g/mol. The van der Waals surface area contributed by atoms with Crippen molar-refractivity contribution in [3.8, 4) is 89.8 Å². The van der Waals surface area contributed by atoms with Crippen LogP contribution in [0.15, 0.2) is 170 Å². The van der Waals surface area contributed by atoms with Crippen molar-refractivity contribution in [1.82, 2.24) is 4.86 Å². The van der Waals surface area contributed by atoms with Gasteiger partial charge in [-0.05, 0) is 310 Å². The summed E-state index contributed by atoms with van der Waals surface area (Å²) in [7, 11) is -10.8. The Balaban J connectivity index is 1.16. The summed E-state index contributed by atoms with van der Waals surface area (Å²) in [5, 5.41) is 8.05. The Bertz CT molecular complexity index is 5360. The maximum Gasteiger partial charge on any atom is 0.524 e. The van der Waals surface area contributed by atoms with Crippen LogP contribution in [0.2, 0.25) is 0 Å². The van der Waals surface area contributed by atoms with E-state index in [2.05, 4.69) is 258 Å². The lowest BCUT2D eigenvalue weighted by atomic mass is 9.81. The molecule has 12 aromatic carbocycles. The third kappa shape index (κ3) is 29.5. The molecule has 0 saturated carbocycles. The molecule has 0 amide bonds. The normalized spacial score (nSPS) is 13.1. The Morgan fingerprint density at radius 3 is 0.490 bits per heavy atom. The Morgan fingerprint density at radius 1 is 0.179 bits per heavy atom. The predicted molar refractivity (Wildman–Crippen MR) is 631 cm³/mol. The van der Waals surface area contributed by atoms with Crippen LogP contribution in [0.1, 0.15) is 458 Å². The van der Waals surface area contributed by atoms with Crippen molar-refractivity contribution in [3.63, 3.8) is 0 Å². The van der Waals surface area contributed by atoms with E-state index in [1.165, 1.54) is 144 Å².